The Morgan fingerprint density at radius 1 is 1.50 bits per heavy atom. The van der Waals surface area contributed by atoms with Crippen LogP contribution < -0.4 is 4.72 Å². The highest BCUT2D eigenvalue weighted by molar-refractivity contribution is 7.90. The van der Waals surface area contributed by atoms with Gasteiger partial charge in [0.05, 0.1) is 5.25 Å². The molecule has 1 unspecified atom stereocenters. The Bertz CT molecular complexity index is 275. The molecule has 84 valence electrons. The highest BCUT2D eigenvalue weighted by Crippen LogP contribution is 2.13. The Balaban J connectivity index is 2.34. The van der Waals surface area contributed by atoms with E-state index in [2.05, 4.69) is 16.7 Å². The summed E-state index contributed by atoms with van der Waals surface area (Å²) in [4.78, 5) is 2.23. The SMILES string of the molecule is CC(C)S(=O)(=O)NCC1CCN(C)C1. The van der Waals surface area contributed by atoms with Gasteiger partial charge in [0.1, 0.15) is 0 Å². The molecule has 0 saturated carbocycles. The molecule has 0 aromatic heterocycles. The van der Waals surface area contributed by atoms with Crippen LogP contribution in [0.25, 0.3) is 0 Å². The molecule has 0 aromatic carbocycles. The summed E-state index contributed by atoms with van der Waals surface area (Å²) in [6.07, 6.45) is 1.09. The van der Waals surface area contributed by atoms with Crippen LogP contribution >= 0.6 is 0 Å². The maximum absolute atomic E-state index is 11.4. The predicted octanol–water partition coefficient (Wildman–Crippen LogP) is 0.266. The standard InChI is InChI=1S/C9H20N2O2S/c1-8(2)14(12,13)10-6-9-4-5-11(3)7-9/h8-10H,4-7H2,1-3H3. The summed E-state index contributed by atoms with van der Waals surface area (Å²) in [7, 11) is -1.01. The summed E-state index contributed by atoms with van der Waals surface area (Å²) in [5.41, 5.74) is 0. The van der Waals surface area contributed by atoms with Gasteiger partial charge in [-0.1, -0.05) is 0 Å². The zero-order valence-corrected chi connectivity index (χ0v) is 9.97. The maximum atomic E-state index is 11.4. The van der Waals surface area contributed by atoms with Gasteiger partial charge in [-0.25, -0.2) is 13.1 Å². The molecule has 1 rings (SSSR count). The van der Waals surface area contributed by atoms with Crippen molar-refractivity contribution in [1.29, 1.82) is 0 Å². The second-order valence-corrected chi connectivity index (χ2v) is 6.68. The molecule has 0 aliphatic carbocycles. The number of hydrogen-bond acceptors (Lipinski definition) is 3. The molecule has 1 saturated heterocycles. The van der Waals surface area contributed by atoms with Gasteiger partial charge in [-0.15, -0.1) is 0 Å². The number of hydrogen-bond donors (Lipinski definition) is 1. The average Bonchev–Trinajstić information content (AvgIpc) is 2.48. The summed E-state index contributed by atoms with van der Waals surface area (Å²) in [5, 5.41) is -0.332. The van der Waals surface area contributed by atoms with E-state index in [0.717, 1.165) is 19.5 Å². The third-order valence-electron chi connectivity index (χ3n) is 2.68. The van der Waals surface area contributed by atoms with Crippen LogP contribution in [-0.2, 0) is 10.0 Å². The summed E-state index contributed by atoms with van der Waals surface area (Å²) in [6.45, 7) is 6.06. The van der Waals surface area contributed by atoms with Gasteiger partial charge in [0.25, 0.3) is 0 Å². The van der Waals surface area contributed by atoms with Crippen LogP contribution in [0.1, 0.15) is 20.3 Å². The predicted molar refractivity (Wildman–Crippen MR) is 57.7 cm³/mol. The van der Waals surface area contributed by atoms with Crippen molar-refractivity contribution in [3.63, 3.8) is 0 Å². The number of sulfonamides is 1. The van der Waals surface area contributed by atoms with Crippen LogP contribution in [0, 0.1) is 5.92 Å². The minimum Gasteiger partial charge on any atom is -0.306 e. The molecule has 1 aliphatic heterocycles. The highest BCUT2D eigenvalue weighted by Gasteiger charge is 2.22. The van der Waals surface area contributed by atoms with E-state index in [1.54, 1.807) is 13.8 Å². The van der Waals surface area contributed by atoms with Gasteiger partial charge in [0, 0.05) is 13.1 Å². The normalized spacial score (nSPS) is 24.7. The zero-order chi connectivity index (χ0) is 10.8. The molecule has 5 heteroatoms. The first-order valence-electron chi connectivity index (χ1n) is 5.09. The lowest BCUT2D eigenvalue weighted by molar-refractivity contribution is 0.394. The van der Waals surface area contributed by atoms with E-state index in [1.165, 1.54) is 0 Å². The Morgan fingerprint density at radius 3 is 2.57 bits per heavy atom. The van der Waals surface area contributed by atoms with Crippen molar-refractivity contribution in [2.45, 2.75) is 25.5 Å². The minimum absolute atomic E-state index is 0.332. The largest absolute Gasteiger partial charge is 0.306 e. The first-order valence-corrected chi connectivity index (χ1v) is 6.63. The van der Waals surface area contributed by atoms with Crippen molar-refractivity contribution in [1.82, 2.24) is 9.62 Å². The number of rotatable bonds is 4. The molecule has 0 bridgehead atoms. The summed E-state index contributed by atoms with van der Waals surface area (Å²) >= 11 is 0. The van der Waals surface area contributed by atoms with Crippen molar-refractivity contribution in [2.24, 2.45) is 5.92 Å². The fraction of sp³-hybridized carbons (Fsp3) is 1.00. The second-order valence-electron chi connectivity index (χ2n) is 4.36. The molecule has 1 N–H and O–H groups in total. The molecule has 4 nitrogen and oxygen atoms in total. The van der Waals surface area contributed by atoms with Gasteiger partial charge in [-0.2, -0.15) is 0 Å². The van der Waals surface area contributed by atoms with Crippen molar-refractivity contribution < 1.29 is 8.42 Å². The molecule has 1 aliphatic rings. The van der Waals surface area contributed by atoms with Gasteiger partial charge in [0.2, 0.25) is 10.0 Å². The number of likely N-dealkylation sites (tertiary alicyclic amines) is 1. The quantitative estimate of drug-likeness (QED) is 0.739. The average molecular weight is 220 g/mol. The van der Waals surface area contributed by atoms with E-state index in [1.807, 2.05) is 0 Å². The highest BCUT2D eigenvalue weighted by atomic mass is 32.2. The van der Waals surface area contributed by atoms with Gasteiger partial charge in [0.15, 0.2) is 0 Å². The Hall–Kier alpha value is -0.130. The van der Waals surface area contributed by atoms with Gasteiger partial charge in [-0.05, 0) is 39.8 Å². The van der Waals surface area contributed by atoms with E-state index in [-0.39, 0.29) is 5.25 Å². The van der Waals surface area contributed by atoms with Gasteiger partial charge in [-0.3, -0.25) is 0 Å². The van der Waals surface area contributed by atoms with Crippen LogP contribution in [0.15, 0.2) is 0 Å². The topological polar surface area (TPSA) is 49.4 Å². The lowest BCUT2D eigenvalue weighted by Crippen LogP contribution is -2.35. The van der Waals surface area contributed by atoms with E-state index < -0.39 is 10.0 Å². The fourth-order valence-corrected chi connectivity index (χ4v) is 2.39. The van der Waals surface area contributed by atoms with E-state index in [9.17, 15) is 8.42 Å². The third-order valence-corrected chi connectivity index (χ3v) is 4.49. The van der Waals surface area contributed by atoms with Crippen LogP contribution in [0.3, 0.4) is 0 Å². The molecule has 1 heterocycles. The van der Waals surface area contributed by atoms with Crippen molar-refractivity contribution in [3.05, 3.63) is 0 Å². The third kappa shape index (κ3) is 3.22. The number of nitrogens with zero attached hydrogens (tertiary/aromatic N) is 1. The molecule has 0 aromatic rings. The first kappa shape index (κ1) is 11.9. The van der Waals surface area contributed by atoms with Crippen LogP contribution in [-0.4, -0.2) is 45.2 Å². The maximum Gasteiger partial charge on any atom is 0.213 e. The van der Waals surface area contributed by atoms with E-state index in [4.69, 9.17) is 0 Å². The summed E-state index contributed by atoms with van der Waals surface area (Å²) in [6, 6.07) is 0. The molecule has 1 fully saturated rings. The van der Waals surface area contributed by atoms with Gasteiger partial charge < -0.3 is 4.90 Å². The lowest BCUT2D eigenvalue weighted by atomic mass is 10.1. The smallest absolute Gasteiger partial charge is 0.213 e. The van der Waals surface area contributed by atoms with E-state index in [0.29, 0.717) is 12.5 Å². The second kappa shape index (κ2) is 4.59. The monoisotopic (exact) mass is 220 g/mol. The molecule has 0 spiro atoms. The Morgan fingerprint density at radius 2 is 2.14 bits per heavy atom. The molecule has 1 atom stereocenters. The van der Waals surface area contributed by atoms with Crippen LogP contribution in [0.5, 0.6) is 0 Å². The Kier molecular flexibility index (Phi) is 3.92. The molecule has 0 amide bonds. The molecule has 14 heavy (non-hydrogen) atoms. The van der Waals surface area contributed by atoms with Crippen LogP contribution in [0.2, 0.25) is 0 Å². The number of nitrogens with one attached hydrogen (secondary N) is 1. The minimum atomic E-state index is -3.07. The Labute approximate surface area is 86.7 Å². The van der Waals surface area contributed by atoms with Crippen LogP contribution in [0.4, 0.5) is 0 Å². The summed E-state index contributed by atoms with van der Waals surface area (Å²) in [5.74, 6) is 0.480. The molecular weight excluding hydrogens is 200 g/mol. The van der Waals surface area contributed by atoms with Crippen molar-refractivity contribution in [2.75, 3.05) is 26.7 Å². The van der Waals surface area contributed by atoms with E-state index >= 15 is 0 Å². The van der Waals surface area contributed by atoms with Crippen molar-refractivity contribution in [3.8, 4) is 0 Å². The lowest BCUT2D eigenvalue weighted by Gasteiger charge is -2.13. The van der Waals surface area contributed by atoms with Crippen molar-refractivity contribution >= 4 is 10.0 Å². The molecular formula is C9H20N2O2S. The fourth-order valence-electron chi connectivity index (χ4n) is 1.59. The summed E-state index contributed by atoms with van der Waals surface area (Å²) < 4.78 is 25.6. The van der Waals surface area contributed by atoms with Gasteiger partial charge >= 0.3 is 0 Å². The zero-order valence-electron chi connectivity index (χ0n) is 9.16. The first-order chi connectivity index (χ1) is 6.42. The molecule has 0 radical (unpaired) electrons.